The Balaban J connectivity index is 1.95. The highest BCUT2D eigenvalue weighted by molar-refractivity contribution is 6.10. The van der Waals surface area contributed by atoms with Gasteiger partial charge in [0, 0.05) is 16.8 Å². The van der Waals surface area contributed by atoms with Crippen molar-refractivity contribution in [3.8, 4) is 17.2 Å². The standard InChI is InChI=1S/C26H25FN2O5/c1-16-9-11-19(15-20(16)27)28-26(31)21(13-17-7-5-6-8-22(17)32-2)29-25(30)18-10-12-23(33-3)24(14-18)34-4/h5-15H,1-4H3,(H,28,31)(H,29,30)/b21-13-. The molecule has 0 saturated carbocycles. The topological polar surface area (TPSA) is 85.9 Å². The number of nitrogens with one attached hydrogen (secondary N) is 2. The van der Waals surface area contributed by atoms with Gasteiger partial charge in [0.1, 0.15) is 17.3 Å². The summed E-state index contributed by atoms with van der Waals surface area (Å²) in [6, 6.07) is 16.0. The average Bonchev–Trinajstić information content (AvgIpc) is 2.85. The van der Waals surface area contributed by atoms with Gasteiger partial charge in [0.25, 0.3) is 11.8 Å². The maximum absolute atomic E-state index is 14.0. The van der Waals surface area contributed by atoms with E-state index in [0.717, 1.165) is 0 Å². The molecule has 0 aliphatic carbocycles. The summed E-state index contributed by atoms with van der Waals surface area (Å²) >= 11 is 0. The fourth-order valence-corrected chi connectivity index (χ4v) is 3.14. The van der Waals surface area contributed by atoms with Crippen LogP contribution in [0.2, 0.25) is 0 Å². The van der Waals surface area contributed by atoms with Crippen LogP contribution >= 0.6 is 0 Å². The normalized spacial score (nSPS) is 10.9. The van der Waals surface area contributed by atoms with Gasteiger partial charge >= 0.3 is 0 Å². The van der Waals surface area contributed by atoms with E-state index in [0.29, 0.717) is 28.4 Å². The average molecular weight is 464 g/mol. The molecule has 0 aliphatic heterocycles. The summed E-state index contributed by atoms with van der Waals surface area (Å²) in [5, 5.41) is 5.25. The van der Waals surface area contributed by atoms with Crippen LogP contribution in [-0.4, -0.2) is 33.1 Å². The number of halogens is 1. The highest BCUT2D eigenvalue weighted by Crippen LogP contribution is 2.28. The van der Waals surface area contributed by atoms with Crippen molar-refractivity contribution >= 4 is 23.6 Å². The Kier molecular flexibility index (Phi) is 7.87. The van der Waals surface area contributed by atoms with Crippen LogP contribution in [-0.2, 0) is 4.79 Å². The molecule has 2 N–H and O–H groups in total. The highest BCUT2D eigenvalue weighted by Gasteiger charge is 2.18. The third kappa shape index (κ3) is 5.72. The van der Waals surface area contributed by atoms with Gasteiger partial charge in [-0.15, -0.1) is 0 Å². The zero-order valence-electron chi connectivity index (χ0n) is 19.3. The minimum Gasteiger partial charge on any atom is -0.496 e. The van der Waals surface area contributed by atoms with Crippen molar-refractivity contribution < 1.29 is 28.2 Å². The van der Waals surface area contributed by atoms with Gasteiger partial charge in [-0.25, -0.2) is 4.39 Å². The zero-order valence-corrected chi connectivity index (χ0v) is 19.3. The zero-order chi connectivity index (χ0) is 24.7. The van der Waals surface area contributed by atoms with Crippen LogP contribution in [0, 0.1) is 12.7 Å². The van der Waals surface area contributed by atoms with Gasteiger partial charge in [-0.3, -0.25) is 9.59 Å². The molecular weight excluding hydrogens is 439 g/mol. The maximum atomic E-state index is 14.0. The van der Waals surface area contributed by atoms with Crippen LogP contribution < -0.4 is 24.8 Å². The summed E-state index contributed by atoms with van der Waals surface area (Å²) in [6.07, 6.45) is 1.48. The second-order valence-corrected chi connectivity index (χ2v) is 7.24. The number of carbonyl (C=O) groups excluding carboxylic acids is 2. The largest absolute Gasteiger partial charge is 0.496 e. The summed E-state index contributed by atoms with van der Waals surface area (Å²) in [6.45, 7) is 1.62. The van der Waals surface area contributed by atoms with Crippen molar-refractivity contribution in [1.82, 2.24) is 5.32 Å². The molecule has 0 spiro atoms. The number of methoxy groups -OCH3 is 3. The Bertz CT molecular complexity index is 1240. The first-order valence-corrected chi connectivity index (χ1v) is 10.3. The molecule has 0 atom stereocenters. The van der Waals surface area contributed by atoms with E-state index in [1.165, 1.54) is 39.5 Å². The first kappa shape index (κ1) is 24.3. The Morgan fingerprint density at radius 3 is 2.24 bits per heavy atom. The van der Waals surface area contributed by atoms with Crippen LogP contribution in [0.5, 0.6) is 17.2 Å². The molecule has 0 saturated heterocycles. The lowest BCUT2D eigenvalue weighted by molar-refractivity contribution is -0.113. The number of benzene rings is 3. The molecule has 0 aromatic heterocycles. The molecule has 0 radical (unpaired) electrons. The molecule has 34 heavy (non-hydrogen) atoms. The van der Waals surface area contributed by atoms with E-state index in [1.54, 1.807) is 55.5 Å². The number of amides is 2. The molecule has 3 aromatic carbocycles. The fourth-order valence-electron chi connectivity index (χ4n) is 3.14. The van der Waals surface area contributed by atoms with Crippen molar-refractivity contribution in [3.63, 3.8) is 0 Å². The van der Waals surface area contributed by atoms with E-state index in [2.05, 4.69) is 10.6 Å². The number of hydrogen-bond donors (Lipinski definition) is 2. The van der Waals surface area contributed by atoms with Gasteiger partial charge in [-0.2, -0.15) is 0 Å². The summed E-state index contributed by atoms with van der Waals surface area (Å²) in [7, 11) is 4.45. The Hall–Kier alpha value is -4.33. The molecule has 8 heteroatoms. The van der Waals surface area contributed by atoms with Crippen LogP contribution in [0.3, 0.4) is 0 Å². The van der Waals surface area contributed by atoms with Gasteiger partial charge < -0.3 is 24.8 Å². The predicted octanol–water partition coefficient (Wildman–Crippen LogP) is 4.57. The third-order valence-electron chi connectivity index (χ3n) is 5.01. The second kappa shape index (κ2) is 11.0. The predicted molar refractivity (Wildman–Crippen MR) is 128 cm³/mol. The Labute approximate surface area is 197 Å². The molecule has 3 aromatic rings. The lowest BCUT2D eigenvalue weighted by atomic mass is 10.1. The summed E-state index contributed by atoms with van der Waals surface area (Å²) in [5.74, 6) is -0.305. The molecule has 2 amide bonds. The molecule has 0 bridgehead atoms. The Morgan fingerprint density at radius 2 is 1.56 bits per heavy atom. The smallest absolute Gasteiger partial charge is 0.272 e. The van der Waals surface area contributed by atoms with Gasteiger partial charge in [0.05, 0.1) is 21.3 Å². The quantitative estimate of drug-likeness (QED) is 0.477. The van der Waals surface area contributed by atoms with Crippen molar-refractivity contribution in [1.29, 1.82) is 0 Å². The maximum Gasteiger partial charge on any atom is 0.272 e. The first-order valence-electron chi connectivity index (χ1n) is 10.3. The number of para-hydroxylation sites is 1. The number of rotatable bonds is 8. The Morgan fingerprint density at radius 1 is 0.853 bits per heavy atom. The van der Waals surface area contributed by atoms with Gasteiger partial charge in [0.15, 0.2) is 11.5 Å². The van der Waals surface area contributed by atoms with Crippen molar-refractivity contribution in [3.05, 3.63) is 88.9 Å². The van der Waals surface area contributed by atoms with Gasteiger partial charge in [-0.05, 0) is 55.0 Å². The molecule has 0 unspecified atom stereocenters. The number of ether oxygens (including phenoxy) is 3. The lowest BCUT2D eigenvalue weighted by Crippen LogP contribution is -2.30. The van der Waals surface area contributed by atoms with Crippen molar-refractivity contribution in [2.24, 2.45) is 0 Å². The van der Waals surface area contributed by atoms with Gasteiger partial charge in [0.2, 0.25) is 0 Å². The molecule has 0 aliphatic rings. The minimum absolute atomic E-state index is 0.0646. The van der Waals surface area contributed by atoms with E-state index >= 15 is 0 Å². The van der Waals surface area contributed by atoms with E-state index in [4.69, 9.17) is 14.2 Å². The fraction of sp³-hybridized carbons (Fsp3) is 0.154. The second-order valence-electron chi connectivity index (χ2n) is 7.24. The highest BCUT2D eigenvalue weighted by atomic mass is 19.1. The molecule has 176 valence electrons. The molecular formula is C26H25FN2O5. The number of carbonyl (C=O) groups is 2. The van der Waals surface area contributed by atoms with E-state index < -0.39 is 17.6 Å². The van der Waals surface area contributed by atoms with E-state index in [1.807, 2.05) is 0 Å². The monoisotopic (exact) mass is 464 g/mol. The molecule has 0 heterocycles. The number of aryl methyl sites for hydroxylation is 1. The SMILES string of the molecule is COc1ccccc1/C=C(\NC(=O)c1ccc(OC)c(OC)c1)C(=O)Nc1ccc(C)c(F)c1. The van der Waals surface area contributed by atoms with Crippen molar-refractivity contribution in [2.45, 2.75) is 6.92 Å². The molecule has 3 rings (SSSR count). The number of anilines is 1. The van der Waals surface area contributed by atoms with Crippen molar-refractivity contribution in [2.75, 3.05) is 26.6 Å². The molecule has 7 nitrogen and oxygen atoms in total. The van der Waals surface area contributed by atoms with Crippen LogP contribution in [0.4, 0.5) is 10.1 Å². The van der Waals surface area contributed by atoms with Gasteiger partial charge in [-0.1, -0.05) is 24.3 Å². The lowest BCUT2D eigenvalue weighted by Gasteiger charge is -2.14. The van der Waals surface area contributed by atoms with E-state index in [-0.39, 0.29) is 16.9 Å². The number of hydrogen-bond acceptors (Lipinski definition) is 5. The summed E-state index contributed by atoms with van der Waals surface area (Å²) < 4.78 is 29.8. The molecule has 0 fully saturated rings. The van der Waals surface area contributed by atoms with E-state index in [9.17, 15) is 14.0 Å². The third-order valence-corrected chi connectivity index (χ3v) is 5.01. The van der Waals surface area contributed by atoms with Crippen LogP contribution in [0.1, 0.15) is 21.5 Å². The summed E-state index contributed by atoms with van der Waals surface area (Å²) in [5.41, 5.74) is 1.45. The minimum atomic E-state index is -0.636. The van der Waals surface area contributed by atoms with Crippen LogP contribution in [0.25, 0.3) is 6.08 Å². The van der Waals surface area contributed by atoms with Crippen LogP contribution in [0.15, 0.2) is 66.4 Å². The summed E-state index contributed by atoms with van der Waals surface area (Å²) in [4.78, 5) is 26.1. The first-order chi connectivity index (χ1) is 16.4.